The molecule has 26 heavy (non-hydrogen) atoms. The minimum absolute atomic E-state index is 0.110. The number of rotatable bonds is 3. The summed E-state index contributed by atoms with van der Waals surface area (Å²) in [5.41, 5.74) is 3.03. The Bertz CT molecular complexity index is 1050. The molecule has 0 aliphatic rings. The van der Waals surface area contributed by atoms with E-state index in [4.69, 9.17) is 0 Å². The van der Waals surface area contributed by atoms with E-state index in [-0.39, 0.29) is 17.0 Å². The highest BCUT2D eigenvalue weighted by molar-refractivity contribution is 9.10. The molecule has 8 heteroatoms. The van der Waals surface area contributed by atoms with E-state index in [9.17, 15) is 9.90 Å². The number of H-pyrrole nitrogens is 1. The van der Waals surface area contributed by atoms with Gasteiger partial charge >= 0.3 is 5.69 Å². The lowest BCUT2D eigenvalue weighted by Crippen LogP contribution is -2.24. The number of anilines is 1. The molecule has 3 aromatic rings. The first-order valence-corrected chi connectivity index (χ1v) is 8.72. The normalized spacial score (nSPS) is 12.0. The molecule has 1 aromatic heterocycles. The summed E-state index contributed by atoms with van der Waals surface area (Å²) in [7, 11) is 0. The molecule has 7 nitrogen and oxygen atoms in total. The first-order valence-electron chi connectivity index (χ1n) is 7.93. The van der Waals surface area contributed by atoms with Crippen LogP contribution >= 0.6 is 15.9 Å². The quantitative estimate of drug-likeness (QED) is 0.448. The molecule has 0 atom stereocenters. The highest BCUT2D eigenvalue weighted by Gasteiger charge is 2.21. The van der Waals surface area contributed by atoms with E-state index in [1.807, 2.05) is 45.0 Å². The zero-order valence-electron chi connectivity index (χ0n) is 14.5. The lowest BCUT2D eigenvalue weighted by Gasteiger charge is -2.18. The highest BCUT2D eigenvalue weighted by atomic mass is 79.9. The molecule has 2 aromatic carbocycles. The van der Waals surface area contributed by atoms with Crippen molar-refractivity contribution < 1.29 is 5.11 Å². The molecule has 0 fully saturated rings. The van der Waals surface area contributed by atoms with Crippen molar-refractivity contribution in [3.05, 3.63) is 56.5 Å². The third kappa shape index (κ3) is 3.75. The number of nitrogens with zero attached hydrogens (tertiary/aromatic N) is 3. The van der Waals surface area contributed by atoms with Gasteiger partial charge in [0.15, 0.2) is 5.82 Å². The summed E-state index contributed by atoms with van der Waals surface area (Å²) in [6.45, 7) is 5.87. The Hall–Kier alpha value is -2.74. The average molecular weight is 416 g/mol. The molecule has 0 unspecified atom stereocenters. The molecule has 3 N–H and O–H groups in total. The van der Waals surface area contributed by atoms with Gasteiger partial charge in [0.25, 0.3) is 0 Å². The lowest BCUT2D eigenvalue weighted by molar-refractivity contribution is 0.475. The van der Waals surface area contributed by atoms with Crippen molar-refractivity contribution in [2.24, 2.45) is 5.10 Å². The molecule has 0 radical (unpaired) electrons. The van der Waals surface area contributed by atoms with E-state index in [2.05, 4.69) is 41.6 Å². The molecule has 0 aliphatic carbocycles. The number of nitrogens with one attached hydrogen (secondary N) is 2. The highest BCUT2D eigenvalue weighted by Crippen LogP contribution is 2.28. The van der Waals surface area contributed by atoms with Crippen molar-refractivity contribution in [3.63, 3.8) is 0 Å². The van der Waals surface area contributed by atoms with Crippen molar-refractivity contribution in [1.82, 2.24) is 15.2 Å². The molecule has 134 valence electrons. The Morgan fingerprint density at radius 1 is 1.27 bits per heavy atom. The molecule has 0 saturated heterocycles. The SMILES string of the molecule is CC(C)(C)c1n[nH]c(=O)nc1N/N=C/c1c(O)ccc2cc(Br)ccc12. The molecular formula is C18H18BrN5O2. The van der Waals surface area contributed by atoms with E-state index in [1.165, 1.54) is 6.21 Å². The number of hydrazone groups is 1. The van der Waals surface area contributed by atoms with Crippen LogP contribution in [0.5, 0.6) is 5.75 Å². The van der Waals surface area contributed by atoms with Gasteiger partial charge in [0.05, 0.1) is 6.21 Å². The smallest absolute Gasteiger partial charge is 0.363 e. The van der Waals surface area contributed by atoms with Crippen LogP contribution in [0.25, 0.3) is 10.8 Å². The molecule has 0 saturated carbocycles. The first kappa shape index (κ1) is 18.1. The van der Waals surface area contributed by atoms with Gasteiger partial charge in [0, 0.05) is 15.5 Å². The largest absolute Gasteiger partial charge is 0.507 e. The standard InChI is InChI=1S/C18H18BrN5O2/c1-18(2,3)15-16(21-17(26)24-22-15)23-20-9-13-12-6-5-11(19)8-10(12)4-7-14(13)25/h4-9,25H,1-3H3,(H2,21,23,24,26)/b20-9+. The van der Waals surface area contributed by atoms with Gasteiger partial charge in [-0.05, 0) is 29.0 Å². The maximum atomic E-state index is 11.5. The minimum atomic E-state index is -0.562. The number of phenols is 1. The Kier molecular flexibility index (Phi) is 4.78. The second-order valence-corrected chi connectivity index (χ2v) is 7.74. The molecule has 1 heterocycles. The Morgan fingerprint density at radius 3 is 2.77 bits per heavy atom. The summed E-state index contributed by atoms with van der Waals surface area (Å²) in [4.78, 5) is 15.4. The predicted octanol–water partition coefficient (Wildman–Crippen LogP) is 3.53. The van der Waals surface area contributed by atoms with Gasteiger partial charge < -0.3 is 5.11 Å². The van der Waals surface area contributed by atoms with E-state index in [1.54, 1.807) is 6.07 Å². The zero-order chi connectivity index (χ0) is 18.9. The van der Waals surface area contributed by atoms with Gasteiger partial charge in [-0.3, -0.25) is 5.43 Å². The zero-order valence-corrected chi connectivity index (χ0v) is 16.1. The maximum absolute atomic E-state index is 11.5. The Labute approximate surface area is 158 Å². The number of benzene rings is 2. The number of phenolic OH excluding ortho intramolecular Hbond substituents is 1. The Balaban J connectivity index is 1.98. The van der Waals surface area contributed by atoms with Crippen LogP contribution in [0.3, 0.4) is 0 Å². The van der Waals surface area contributed by atoms with Crippen molar-refractivity contribution in [2.45, 2.75) is 26.2 Å². The number of hydrogen-bond acceptors (Lipinski definition) is 6. The molecule has 0 amide bonds. The first-order chi connectivity index (χ1) is 12.3. The molecule has 0 spiro atoms. The van der Waals surface area contributed by atoms with Crippen molar-refractivity contribution >= 4 is 38.7 Å². The second kappa shape index (κ2) is 6.87. The van der Waals surface area contributed by atoms with Crippen molar-refractivity contribution in [3.8, 4) is 5.75 Å². The van der Waals surface area contributed by atoms with E-state index in [0.29, 0.717) is 11.3 Å². The summed E-state index contributed by atoms with van der Waals surface area (Å²) >= 11 is 3.44. The minimum Gasteiger partial charge on any atom is -0.507 e. The van der Waals surface area contributed by atoms with Gasteiger partial charge in [0.1, 0.15) is 11.4 Å². The van der Waals surface area contributed by atoms with Crippen LogP contribution < -0.4 is 11.1 Å². The fourth-order valence-corrected chi connectivity index (χ4v) is 2.92. The number of halogens is 1. The van der Waals surface area contributed by atoms with Gasteiger partial charge in [0.2, 0.25) is 0 Å². The summed E-state index contributed by atoms with van der Waals surface area (Å²) in [5, 5.41) is 22.6. The summed E-state index contributed by atoms with van der Waals surface area (Å²) in [6.07, 6.45) is 1.50. The number of aromatic nitrogens is 3. The third-order valence-corrected chi connectivity index (χ3v) is 4.27. The molecular weight excluding hydrogens is 398 g/mol. The van der Waals surface area contributed by atoms with E-state index < -0.39 is 5.69 Å². The van der Waals surface area contributed by atoms with Crippen LogP contribution in [0.1, 0.15) is 32.0 Å². The molecule has 0 aliphatic heterocycles. The number of fused-ring (bicyclic) bond motifs is 1. The predicted molar refractivity (Wildman–Crippen MR) is 106 cm³/mol. The van der Waals surface area contributed by atoms with E-state index >= 15 is 0 Å². The molecule has 0 bridgehead atoms. The van der Waals surface area contributed by atoms with Crippen LogP contribution in [-0.4, -0.2) is 26.5 Å². The van der Waals surface area contributed by atoms with Gasteiger partial charge in [-0.15, -0.1) is 0 Å². The number of hydrogen-bond donors (Lipinski definition) is 3. The van der Waals surface area contributed by atoms with E-state index in [0.717, 1.165) is 15.2 Å². The van der Waals surface area contributed by atoms with Crippen LogP contribution in [0.2, 0.25) is 0 Å². The molecule has 3 rings (SSSR count). The monoisotopic (exact) mass is 415 g/mol. The van der Waals surface area contributed by atoms with Crippen molar-refractivity contribution in [2.75, 3.05) is 5.43 Å². The van der Waals surface area contributed by atoms with Gasteiger partial charge in [-0.2, -0.15) is 15.2 Å². The average Bonchev–Trinajstić information content (AvgIpc) is 2.56. The van der Waals surface area contributed by atoms with Gasteiger partial charge in [-0.25, -0.2) is 9.89 Å². The van der Waals surface area contributed by atoms with Crippen molar-refractivity contribution in [1.29, 1.82) is 0 Å². The van der Waals surface area contributed by atoms with Gasteiger partial charge in [-0.1, -0.05) is 48.8 Å². The lowest BCUT2D eigenvalue weighted by atomic mass is 9.92. The summed E-state index contributed by atoms with van der Waals surface area (Å²) in [6, 6.07) is 9.20. The summed E-state index contributed by atoms with van der Waals surface area (Å²) < 4.78 is 0.949. The Morgan fingerprint density at radius 2 is 2.04 bits per heavy atom. The van der Waals surface area contributed by atoms with Crippen LogP contribution in [-0.2, 0) is 5.41 Å². The number of aromatic amines is 1. The van der Waals surface area contributed by atoms with Crippen LogP contribution in [0.15, 0.2) is 44.7 Å². The summed E-state index contributed by atoms with van der Waals surface area (Å²) in [5.74, 6) is 0.387. The van der Waals surface area contributed by atoms with Crippen LogP contribution in [0.4, 0.5) is 5.82 Å². The maximum Gasteiger partial charge on any atom is 0.363 e. The fraction of sp³-hybridized carbons (Fsp3) is 0.222. The fourth-order valence-electron chi connectivity index (χ4n) is 2.54. The number of aromatic hydroxyl groups is 1. The van der Waals surface area contributed by atoms with Crippen LogP contribution in [0, 0.1) is 0 Å². The third-order valence-electron chi connectivity index (χ3n) is 3.78. The second-order valence-electron chi connectivity index (χ2n) is 6.82. The topological polar surface area (TPSA) is 103 Å².